The smallest absolute Gasteiger partial charge is 0.242 e. The molecule has 2 amide bonds. The van der Waals surface area contributed by atoms with Gasteiger partial charge in [0.25, 0.3) is 0 Å². The van der Waals surface area contributed by atoms with E-state index in [4.69, 9.17) is 34.8 Å². The van der Waals surface area contributed by atoms with E-state index >= 15 is 0 Å². The van der Waals surface area contributed by atoms with Gasteiger partial charge in [-0.2, -0.15) is 0 Å². The SMILES string of the molecule is CCCCNC(=O)C(C)N(Cc1c(Cl)cccc1Cl)C(=O)CCCN(c1cccc(Cl)c1C)S(C)(=O)=O. The van der Waals surface area contributed by atoms with Crippen LogP contribution in [0.2, 0.25) is 15.1 Å². The Kier molecular flexibility index (Phi) is 12.0. The molecule has 0 bridgehead atoms. The van der Waals surface area contributed by atoms with Crippen LogP contribution in [0.1, 0.15) is 50.7 Å². The van der Waals surface area contributed by atoms with Crippen LogP contribution >= 0.6 is 34.8 Å². The Morgan fingerprint density at radius 3 is 2.19 bits per heavy atom. The molecule has 0 aliphatic rings. The van der Waals surface area contributed by atoms with Crippen LogP contribution in [-0.2, 0) is 26.2 Å². The summed E-state index contributed by atoms with van der Waals surface area (Å²) in [7, 11) is -3.63. The van der Waals surface area contributed by atoms with Crippen molar-refractivity contribution in [3.8, 4) is 0 Å². The molecule has 11 heteroatoms. The number of carbonyl (C=O) groups excluding carboxylic acids is 2. The van der Waals surface area contributed by atoms with Crippen LogP contribution in [0, 0.1) is 6.92 Å². The molecule has 204 valence electrons. The Balaban J connectivity index is 2.24. The van der Waals surface area contributed by atoms with Gasteiger partial charge in [-0.05, 0) is 56.5 Å². The van der Waals surface area contributed by atoms with Gasteiger partial charge in [0.05, 0.1) is 11.9 Å². The van der Waals surface area contributed by atoms with Gasteiger partial charge in [0.2, 0.25) is 21.8 Å². The number of carbonyl (C=O) groups is 2. The molecule has 1 atom stereocenters. The Morgan fingerprint density at radius 1 is 1.00 bits per heavy atom. The molecule has 0 radical (unpaired) electrons. The van der Waals surface area contributed by atoms with Crippen LogP contribution in [0.3, 0.4) is 0 Å². The summed E-state index contributed by atoms with van der Waals surface area (Å²) in [4.78, 5) is 27.7. The maximum atomic E-state index is 13.4. The predicted molar refractivity (Wildman–Crippen MR) is 152 cm³/mol. The van der Waals surface area contributed by atoms with Crippen LogP contribution in [0.4, 0.5) is 5.69 Å². The minimum atomic E-state index is -3.63. The first kappa shape index (κ1) is 31.2. The highest BCUT2D eigenvalue weighted by Crippen LogP contribution is 2.29. The van der Waals surface area contributed by atoms with Crippen molar-refractivity contribution in [1.29, 1.82) is 0 Å². The van der Waals surface area contributed by atoms with Gasteiger partial charge < -0.3 is 10.2 Å². The molecule has 0 spiro atoms. The highest BCUT2D eigenvalue weighted by molar-refractivity contribution is 7.92. The van der Waals surface area contributed by atoms with Gasteiger partial charge in [-0.1, -0.05) is 60.3 Å². The van der Waals surface area contributed by atoms with Gasteiger partial charge in [-0.15, -0.1) is 0 Å². The third kappa shape index (κ3) is 8.77. The largest absolute Gasteiger partial charge is 0.354 e. The topological polar surface area (TPSA) is 86.8 Å². The van der Waals surface area contributed by atoms with Crippen molar-refractivity contribution in [3.05, 3.63) is 62.6 Å². The summed E-state index contributed by atoms with van der Waals surface area (Å²) in [6.07, 6.45) is 3.11. The molecule has 1 N–H and O–H groups in total. The summed E-state index contributed by atoms with van der Waals surface area (Å²) in [6.45, 7) is 6.05. The van der Waals surface area contributed by atoms with Gasteiger partial charge in [0.1, 0.15) is 6.04 Å². The van der Waals surface area contributed by atoms with E-state index in [1.807, 2.05) is 6.92 Å². The standard InChI is InChI=1S/C26H34Cl3N3O4S/c1-5-6-15-30-26(34)19(3)31(17-20-22(28)11-7-12-23(20)29)25(33)14-9-16-32(37(4,35)36)24-13-8-10-21(27)18(24)2/h7-8,10-13,19H,5-6,9,14-17H2,1-4H3,(H,30,34). The molecule has 0 saturated heterocycles. The van der Waals surface area contributed by atoms with E-state index in [1.165, 1.54) is 9.21 Å². The average Bonchev–Trinajstić information content (AvgIpc) is 2.82. The molecule has 7 nitrogen and oxygen atoms in total. The lowest BCUT2D eigenvalue weighted by Gasteiger charge is -2.30. The van der Waals surface area contributed by atoms with E-state index in [2.05, 4.69) is 5.32 Å². The van der Waals surface area contributed by atoms with E-state index in [9.17, 15) is 18.0 Å². The second kappa shape index (κ2) is 14.2. The number of benzene rings is 2. The van der Waals surface area contributed by atoms with E-state index in [1.54, 1.807) is 50.2 Å². The summed E-state index contributed by atoms with van der Waals surface area (Å²) >= 11 is 18.9. The molecule has 2 aromatic rings. The Hall–Kier alpha value is -2.00. The highest BCUT2D eigenvalue weighted by atomic mass is 35.5. The first-order valence-corrected chi connectivity index (χ1v) is 15.1. The summed E-state index contributed by atoms with van der Waals surface area (Å²) in [5.74, 6) is -0.595. The molecule has 0 saturated carbocycles. The maximum absolute atomic E-state index is 13.4. The van der Waals surface area contributed by atoms with Crippen molar-refractivity contribution in [1.82, 2.24) is 10.2 Å². The predicted octanol–water partition coefficient (Wildman–Crippen LogP) is 5.84. The molecule has 0 aromatic heterocycles. The van der Waals surface area contributed by atoms with Crippen molar-refractivity contribution in [3.63, 3.8) is 0 Å². The summed E-state index contributed by atoms with van der Waals surface area (Å²) in [6, 6.07) is 9.33. The first-order chi connectivity index (χ1) is 17.4. The van der Waals surface area contributed by atoms with Crippen LogP contribution in [0.15, 0.2) is 36.4 Å². The average molecular weight is 591 g/mol. The van der Waals surface area contributed by atoms with Crippen molar-refractivity contribution < 1.29 is 18.0 Å². The van der Waals surface area contributed by atoms with Gasteiger partial charge in [-0.25, -0.2) is 8.42 Å². The number of unbranched alkanes of at least 4 members (excludes halogenated alkanes) is 1. The zero-order valence-corrected chi connectivity index (χ0v) is 24.6. The molecule has 1 unspecified atom stereocenters. The number of nitrogens with one attached hydrogen (secondary N) is 1. The van der Waals surface area contributed by atoms with Crippen LogP contribution < -0.4 is 9.62 Å². The molecule has 2 rings (SSSR count). The van der Waals surface area contributed by atoms with Crippen molar-refractivity contribution in [2.45, 2.75) is 59.0 Å². The molecule has 0 heterocycles. The number of halogens is 3. The van der Waals surface area contributed by atoms with Crippen LogP contribution in [0.5, 0.6) is 0 Å². The second-order valence-electron chi connectivity index (χ2n) is 8.87. The summed E-state index contributed by atoms with van der Waals surface area (Å²) in [5, 5.41) is 4.10. The highest BCUT2D eigenvalue weighted by Gasteiger charge is 2.28. The molecule has 37 heavy (non-hydrogen) atoms. The third-order valence-corrected chi connectivity index (χ3v) is 8.34. The maximum Gasteiger partial charge on any atom is 0.242 e. The summed E-state index contributed by atoms with van der Waals surface area (Å²) in [5.41, 5.74) is 1.64. The number of hydrogen-bond acceptors (Lipinski definition) is 4. The van der Waals surface area contributed by atoms with E-state index in [0.717, 1.165) is 19.1 Å². The van der Waals surface area contributed by atoms with Crippen molar-refractivity contribution in [2.75, 3.05) is 23.7 Å². The number of nitrogens with zero attached hydrogens (tertiary/aromatic N) is 2. The quantitative estimate of drug-likeness (QED) is 0.297. The van der Waals surface area contributed by atoms with Crippen LogP contribution in [0.25, 0.3) is 0 Å². The third-order valence-electron chi connectivity index (χ3n) is 6.05. The molecule has 2 aromatic carbocycles. The molecular formula is C26H34Cl3N3O4S. The lowest BCUT2D eigenvalue weighted by atomic mass is 10.1. The van der Waals surface area contributed by atoms with E-state index in [0.29, 0.717) is 38.4 Å². The number of rotatable bonds is 13. The van der Waals surface area contributed by atoms with Gasteiger partial charge >= 0.3 is 0 Å². The van der Waals surface area contributed by atoms with Crippen molar-refractivity contribution in [2.24, 2.45) is 0 Å². The number of anilines is 1. The van der Waals surface area contributed by atoms with Crippen molar-refractivity contribution >= 4 is 62.3 Å². The number of amides is 2. The fraction of sp³-hybridized carbons (Fsp3) is 0.462. The van der Waals surface area contributed by atoms with E-state index in [-0.39, 0.29) is 37.7 Å². The Labute approximate surface area is 235 Å². The zero-order chi connectivity index (χ0) is 27.8. The minimum absolute atomic E-state index is 0.0142. The first-order valence-electron chi connectivity index (χ1n) is 12.1. The summed E-state index contributed by atoms with van der Waals surface area (Å²) < 4.78 is 26.3. The number of hydrogen-bond donors (Lipinski definition) is 1. The van der Waals surface area contributed by atoms with E-state index < -0.39 is 16.1 Å². The lowest BCUT2D eigenvalue weighted by molar-refractivity contribution is -0.140. The fourth-order valence-electron chi connectivity index (χ4n) is 3.82. The second-order valence-corrected chi connectivity index (χ2v) is 12.0. The zero-order valence-electron chi connectivity index (χ0n) is 21.6. The van der Waals surface area contributed by atoms with Gasteiger partial charge in [-0.3, -0.25) is 13.9 Å². The molecule has 0 aliphatic carbocycles. The lowest BCUT2D eigenvalue weighted by Crippen LogP contribution is -2.48. The molecular weight excluding hydrogens is 557 g/mol. The normalized spacial score (nSPS) is 12.2. The van der Waals surface area contributed by atoms with Gasteiger partial charge in [0.15, 0.2) is 0 Å². The minimum Gasteiger partial charge on any atom is -0.354 e. The number of sulfonamides is 1. The Morgan fingerprint density at radius 2 is 1.59 bits per heavy atom. The fourth-order valence-corrected chi connectivity index (χ4v) is 5.52. The molecule has 0 fully saturated rings. The molecule has 0 aliphatic heterocycles. The Bertz CT molecular complexity index is 1190. The van der Waals surface area contributed by atoms with Crippen LogP contribution in [-0.4, -0.2) is 50.5 Å². The van der Waals surface area contributed by atoms with Gasteiger partial charge in [0, 0.05) is 46.7 Å². The monoisotopic (exact) mass is 589 g/mol.